The monoisotopic (exact) mass is 340 g/mol. The molecule has 0 radical (unpaired) electrons. The molecule has 0 saturated heterocycles. The van der Waals surface area contributed by atoms with Crippen LogP contribution in [0.1, 0.15) is 11.5 Å². The number of hydrogen-bond donors (Lipinski definition) is 1. The lowest BCUT2D eigenvalue weighted by atomic mass is 10.2. The van der Waals surface area contributed by atoms with E-state index in [0.717, 1.165) is 5.56 Å². The number of hydrogen-bond acceptors (Lipinski definition) is 6. The van der Waals surface area contributed by atoms with Gasteiger partial charge in [-0.05, 0) is 36.1 Å². The van der Waals surface area contributed by atoms with Crippen molar-refractivity contribution in [2.45, 2.75) is 17.9 Å². The second-order valence-electron chi connectivity index (χ2n) is 5.02. The minimum absolute atomic E-state index is 0.0444. The number of rotatable bonds is 6. The highest BCUT2D eigenvalue weighted by molar-refractivity contribution is 7.98. The first-order chi connectivity index (χ1) is 11.7. The maximum atomic E-state index is 12.0. The zero-order chi connectivity index (χ0) is 16.8. The molecule has 1 amide bonds. The summed E-state index contributed by atoms with van der Waals surface area (Å²) in [7, 11) is 0. The smallest absolute Gasteiger partial charge is 0.266 e. The van der Waals surface area contributed by atoms with Gasteiger partial charge in [0.1, 0.15) is 12.1 Å². The summed E-state index contributed by atoms with van der Waals surface area (Å²) >= 11 is 1.68. The van der Waals surface area contributed by atoms with Crippen molar-refractivity contribution in [3.05, 3.63) is 60.1 Å². The Kier molecular flexibility index (Phi) is 5.22. The Balaban J connectivity index is 1.54. The molecule has 2 heterocycles. The number of aromatic nitrogens is 3. The molecule has 122 valence electrons. The third kappa shape index (κ3) is 4.20. The van der Waals surface area contributed by atoms with E-state index in [1.165, 1.54) is 4.90 Å². The fourth-order valence-electron chi connectivity index (χ4n) is 2.06. The first-order valence-electron chi connectivity index (χ1n) is 7.38. The Morgan fingerprint density at radius 1 is 1.17 bits per heavy atom. The molecule has 7 heteroatoms. The minimum Gasteiger partial charge on any atom is -0.419 e. The van der Waals surface area contributed by atoms with Crippen molar-refractivity contribution in [2.75, 3.05) is 6.26 Å². The lowest BCUT2D eigenvalue weighted by molar-refractivity contribution is -0.120. The van der Waals surface area contributed by atoms with Gasteiger partial charge in [0.2, 0.25) is 11.8 Å². The van der Waals surface area contributed by atoms with Crippen LogP contribution < -0.4 is 5.32 Å². The molecule has 0 saturated carbocycles. The summed E-state index contributed by atoms with van der Waals surface area (Å²) in [5, 5.41) is 10.7. The van der Waals surface area contributed by atoms with Crippen molar-refractivity contribution in [3.8, 4) is 11.6 Å². The maximum Gasteiger partial charge on any atom is 0.266 e. The van der Waals surface area contributed by atoms with Gasteiger partial charge in [-0.15, -0.1) is 22.0 Å². The number of amides is 1. The van der Waals surface area contributed by atoms with Crippen LogP contribution in [-0.4, -0.2) is 27.3 Å². The molecule has 2 aromatic heterocycles. The second kappa shape index (κ2) is 7.74. The van der Waals surface area contributed by atoms with Crippen LogP contribution in [0.25, 0.3) is 11.6 Å². The Labute approximate surface area is 143 Å². The number of carbonyl (C=O) groups excluding carboxylic acids is 1. The number of nitrogens with one attached hydrogen (secondary N) is 1. The van der Waals surface area contributed by atoms with Gasteiger partial charge in [0.15, 0.2) is 0 Å². The first kappa shape index (κ1) is 16.2. The van der Waals surface area contributed by atoms with E-state index in [1.54, 1.807) is 30.1 Å². The van der Waals surface area contributed by atoms with Gasteiger partial charge in [-0.3, -0.25) is 9.78 Å². The van der Waals surface area contributed by atoms with Gasteiger partial charge < -0.3 is 9.73 Å². The quantitative estimate of drug-likeness (QED) is 0.695. The second-order valence-corrected chi connectivity index (χ2v) is 5.90. The molecule has 1 aromatic carbocycles. The van der Waals surface area contributed by atoms with Gasteiger partial charge in [-0.1, -0.05) is 18.2 Å². The zero-order valence-corrected chi connectivity index (χ0v) is 13.9. The molecule has 0 atom stereocenters. The summed E-state index contributed by atoms with van der Waals surface area (Å²) in [6, 6.07) is 13.5. The SMILES string of the molecule is CSc1ccc(CNC(=O)Cc2nnc(-c3ccccn3)o2)cc1. The van der Waals surface area contributed by atoms with Crippen molar-refractivity contribution >= 4 is 17.7 Å². The molecule has 0 bridgehead atoms. The summed E-state index contributed by atoms with van der Waals surface area (Å²) in [6.07, 6.45) is 3.72. The highest BCUT2D eigenvalue weighted by Gasteiger charge is 2.12. The molecule has 0 aliphatic heterocycles. The molecule has 3 aromatic rings. The van der Waals surface area contributed by atoms with Gasteiger partial charge in [0.25, 0.3) is 5.89 Å². The number of pyridine rings is 1. The van der Waals surface area contributed by atoms with Crippen molar-refractivity contribution in [3.63, 3.8) is 0 Å². The van der Waals surface area contributed by atoms with E-state index in [2.05, 4.69) is 20.5 Å². The Hall–Kier alpha value is -2.67. The van der Waals surface area contributed by atoms with E-state index in [1.807, 2.05) is 36.6 Å². The number of thioether (sulfide) groups is 1. The Morgan fingerprint density at radius 2 is 2.00 bits per heavy atom. The molecule has 0 aliphatic rings. The number of nitrogens with zero attached hydrogens (tertiary/aromatic N) is 3. The fraction of sp³-hybridized carbons (Fsp3) is 0.176. The number of carbonyl (C=O) groups is 1. The third-order valence-electron chi connectivity index (χ3n) is 3.31. The van der Waals surface area contributed by atoms with E-state index in [4.69, 9.17) is 4.42 Å². The number of benzene rings is 1. The molecule has 6 nitrogen and oxygen atoms in total. The van der Waals surface area contributed by atoms with Crippen LogP contribution in [0.3, 0.4) is 0 Å². The summed E-state index contributed by atoms with van der Waals surface area (Å²) in [5.41, 5.74) is 1.63. The van der Waals surface area contributed by atoms with E-state index in [0.29, 0.717) is 18.1 Å². The van der Waals surface area contributed by atoms with Gasteiger partial charge >= 0.3 is 0 Å². The summed E-state index contributed by atoms with van der Waals surface area (Å²) in [6.45, 7) is 0.467. The normalized spacial score (nSPS) is 10.5. The molecule has 0 fully saturated rings. The van der Waals surface area contributed by atoms with Crippen molar-refractivity contribution in [1.82, 2.24) is 20.5 Å². The molecule has 0 aliphatic carbocycles. The van der Waals surface area contributed by atoms with Crippen LogP contribution in [0.15, 0.2) is 58.0 Å². The first-order valence-corrected chi connectivity index (χ1v) is 8.60. The van der Waals surface area contributed by atoms with Gasteiger partial charge in [0, 0.05) is 17.6 Å². The summed E-state index contributed by atoms with van der Waals surface area (Å²) in [5.74, 6) is 0.414. The molecule has 3 rings (SSSR count). The predicted molar refractivity (Wildman–Crippen MR) is 91.3 cm³/mol. The minimum atomic E-state index is -0.167. The Bertz CT molecular complexity index is 803. The van der Waals surface area contributed by atoms with Gasteiger partial charge in [-0.25, -0.2) is 0 Å². The van der Waals surface area contributed by atoms with Crippen molar-refractivity contribution < 1.29 is 9.21 Å². The zero-order valence-electron chi connectivity index (χ0n) is 13.1. The topological polar surface area (TPSA) is 80.9 Å². The predicted octanol–water partition coefficient (Wildman–Crippen LogP) is 2.71. The average molecular weight is 340 g/mol. The highest BCUT2D eigenvalue weighted by Crippen LogP contribution is 2.15. The van der Waals surface area contributed by atoms with E-state index in [-0.39, 0.29) is 18.2 Å². The van der Waals surface area contributed by atoms with Crippen LogP contribution in [0.4, 0.5) is 0 Å². The average Bonchev–Trinajstić information content (AvgIpc) is 3.09. The van der Waals surface area contributed by atoms with Crippen LogP contribution >= 0.6 is 11.8 Å². The molecular weight excluding hydrogens is 324 g/mol. The van der Waals surface area contributed by atoms with Crippen LogP contribution in [0.5, 0.6) is 0 Å². The van der Waals surface area contributed by atoms with Crippen molar-refractivity contribution in [2.24, 2.45) is 0 Å². The van der Waals surface area contributed by atoms with Crippen LogP contribution in [-0.2, 0) is 17.8 Å². The third-order valence-corrected chi connectivity index (χ3v) is 4.05. The molecule has 1 N–H and O–H groups in total. The van der Waals surface area contributed by atoms with Gasteiger partial charge in [-0.2, -0.15) is 0 Å². The molecular formula is C17H16N4O2S. The van der Waals surface area contributed by atoms with Crippen LogP contribution in [0.2, 0.25) is 0 Å². The molecule has 0 spiro atoms. The fourth-order valence-corrected chi connectivity index (χ4v) is 2.47. The lowest BCUT2D eigenvalue weighted by Gasteiger charge is -2.04. The summed E-state index contributed by atoms with van der Waals surface area (Å²) < 4.78 is 5.47. The van der Waals surface area contributed by atoms with Crippen molar-refractivity contribution in [1.29, 1.82) is 0 Å². The Morgan fingerprint density at radius 3 is 2.71 bits per heavy atom. The highest BCUT2D eigenvalue weighted by atomic mass is 32.2. The largest absolute Gasteiger partial charge is 0.419 e. The summed E-state index contributed by atoms with van der Waals surface area (Å²) in [4.78, 5) is 17.3. The maximum absolute atomic E-state index is 12.0. The van der Waals surface area contributed by atoms with Crippen LogP contribution in [0, 0.1) is 0 Å². The molecule has 24 heavy (non-hydrogen) atoms. The van der Waals surface area contributed by atoms with E-state index < -0.39 is 0 Å². The molecule has 0 unspecified atom stereocenters. The van der Waals surface area contributed by atoms with E-state index in [9.17, 15) is 4.79 Å². The van der Waals surface area contributed by atoms with E-state index >= 15 is 0 Å². The lowest BCUT2D eigenvalue weighted by Crippen LogP contribution is -2.24. The standard InChI is InChI=1S/C17H16N4O2S/c1-24-13-7-5-12(6-8-13)11-19-15(22)10-16-20-21-17(23-16)14-4-2-3-9-18-14/h2-9H,10-11H2,1H3,(H,19,22). The van der Waals surface area contributed by atoms with Gasteiger partial charge in [0.05, 0.1) is 0 Å².